The Labute approximate surface area is 171 Å². The summed E-state index contributed by atoms with van der Waals surface area (Å²) in [7, 11) is 3.80. The third-order valence-electron chi connectivity index (χ3n) is 5.06. The highest BCUT2D eigenvalue weighted by Gasteiger charge is 2.38. The van der Waals surface area contributed by atoms with Gasteiger partial charge in [0, 0.05) is 0 Å². The quantitative estimate of drug-likeness (QED) is 0.386. The first-order valence-corrected chi connectivity index (χ1v) is 9.57. The molecule has 1 heterocycles. The lowest BCUT2D eigenvalue weighted by Gasteiger charge is -2.39. The van der Waals surface area contributed by atoms with Crippen molar-refractivity contribution in [3.63, 3.8) is 0 Å². The number of hydrogen-bond acceptors (Lipinski definition) is 2. The number of nitrogens with zero attached hydrogens (tertiary/aromatic N) is 3. The fraction of sp³-hybridized carbons (Fsp3) is 0.120. The average molecular weight is 381 g/mol. The number of rotatable bonds is 5. The number of benzene rings is 3. The van der Waals surface area contributed by atoms with Crippen LogP contribution in [0.1, 0.15) is 17.0 Å². The highest BCUT2D eigenvalue weighted by molar-refractivity contribution is 6.09. The predicted molar refractivity (Wildman–Crippen MR) is 113 cm³/mol. The van der Waals surface area contributed by atoms with E-state index in [1.54, 1.807) is 0 Å². The van der Waals surface area contributed by atoms with Crippen LogP contribution in [0.15, 0.2) is 108 Å². The molecule has 1 aromatic heterocycles. The molecule has 0 saturated carbocycles. The van der Waals surface area contributed by atoms with Gasteiger partial charge in [-0.3, -0.25) is 4.99 Å². The molecule has 0 N–H and O–H groups in total. The second-order valence-electron chi connectivity index (χ2n) is 7.05. The van der Waals surface area contributed by atoms with Crippen molar-refractivity contribution in [2.75, 3.05) is 0 Å². The zero-order valence-electron chi connectivity index (χ0n) is 16.6. The smallest absolute Gasteiger partial charge is 0.256 e. The van der Waals surface area contributed by atoms with E-state index >= 15 is 0 Å². The molecule has 4 aromatic rings. The van der Waals surface area contributed by atoms with E-state index < -0.39 is 5.60 Å². The van der Waals surface area contributed by atoms with Crippen LogP contribution >= 0.6 is 0 Å². The number of para-hydroxylation sites is 1. The second kappa shape index (κ2) is 7.86. The lowest BCUT2D eigenvalue weighted by molar-refractivity contribution is -0.696. The van der Waals surface area contributed by atoms with Crippen molar-refractivity contribution in [2.45, 2.75) is 5.60 Å². The normalized spacial score (nSPS) is 13.8. The van der Waals surface area contributed by atoms with E-state index in [-0.39, 0.29) is 0 Å². The van der Waals surface area contributed by atoms with Crippen LogP contribution in [0.3, 0.4) is 0 Å². The molecule has 29 heavy (non-hydrogen) atoms. The third kappa shape index (κ3) is 3.50. The minimum Gasteiger partial charge on any atom is -0.832 e. The molecule has 1 unspecified atom stereocenters. The molecule has 0 aliphatic rings. The Kier molecular flexibility index (Phi) is 5.10. The van der Waals surface area contributed by atoms with Gasteiger partial charge in [-0.05, 0) is 23.3 Å². The molecule has 144 valence electrons. The number of imidazole rings is 1. The first-order valence-electron chi connectivity index (χ1n) is 9.57. The van der Waals surface area contributed by atoms with E-state index in [2.05, 4.69) is 0 Å². The molecule has 3 aromatic carbocycles. The molecule has 0 bridgehead atoms. The van der Waals surface area contributed by atoms with E-state index in [0.717, 1.165) is 11.3 Å². The molecule has 0 saturated heterocycles. The molecule has 4 heteroatoms. The number of aromatic nitrogens is 2. The van der Waals surface area contributed by atoms with Crippen LogP contribution in [-0.4, -0.2) is 10.3 Å². The van der Waals surface area contributed by atoms with Gasteiger partial charge in [-0.15, -0.1) is 0 Å². The standard InChI is InChI=1S/C25H23N3O/c1-27-18-19-28(2)24(27)25(29,21-14-8-4-9-15-21)23(20-12-6-3-7-13-20)26-22-16-10-5-11-17-22/h3-19H,1-2H3. The van der Waals surface area contributed by atoms with Gasteiger partial charge in [0.15, 0.2) is 0 Å². The lowest BCUT2D eigenvalue weighted by atomic mass is 9.83. The van der Waals surface area contributed by atoms with Crippen LogP contribution in [0.25, 0.3) is 0 Å². The van der Waals surface area contributed by atoms with Crippen molar-refractivity contribution in [1.82, 2.24) is 4.57 Å². The van der Waals surface area contributed by atoms with Gasteiger partial charge in [0.2, 0.25) is 0 Å². The summed E-state index contributed by atoms with van der Waals surface area (Å²) in [5.74, 6) is 0.613. The SMILES string of the molecule is Cn1cc[n+](C)c1C([O-])(C(=Nc1ccccc1)c1ccccc1)c1ccccc1. The van der Waals surface area contributed by atoms with Crippen LogP contribution in [0.2, 0.25) is 0 Å². The van der Waals surface area contributed by atoms with E-state index in [4.69, 9.17) is 4.99 Å². The fourth-order valence-corrected chi connectivity index (χ4v) is 3.71. The van der Waals surface area contributed by atoms with Crippen LogP contribution in [-0.2, 0) is 19.7 Å². The maximum atomic E-state index is 14.9. The third-order valence-corrected chi connectivity index (χ3v) is 5.06. The summed E-state index contributed by atoms with van der Waals surface area (Å²) in [5.41, 5.74) is 0.963. The van der Waals surface area contributed by atoms with Gasteiger partial charge in [0.1, 0.15) is 12.4 Å². The second-order valence-corrected chi connectivity index (χ2v) is 7.05. The molecule has 0 aliphatic heterocycles. The molecule has 0 radical (unpaired) electrons. The van der Waals surface area contributed by atoms with Crippen molar-refractivity contribution in [2.24, 2.45) is 19.1 Å². The minimum absolute atomic E-state index is 0.466. The van der Waals surface area contributed by atoms with Gasteiger partial charge in [-0.1, -0.05) is 78.9 Å². The topological polar surface area (TPSA) is 44.2 Å². The van der Waals surface area contributed by atoms with Gasteiger partial charge < -0.3 is 5.11 Å². The van der Waals surface area contributed by atoms with Crippen molar-refractivity contribution >= 4 is 11.4 Å². The van der Waals surface area contributed by atoms with Gasteiger partial charge in [0.25, 0.3) is 5.82 Å². The van der Waals surface area contributed by atoms with Gasteiger partial charge >= 0.3 is 0 Å². The summed E-state index contributed by atoms with van der Waals surface area (Å²) in [6.45, 7) is 0. The lowest BCUT2D eigenvalue weighted by Crippen LogP contribution is -2.57. The Hall–Kier alpha value is -3.50. The first kappa shape index (κ1) is 18.8. The van der Waals surface area contributed by atoms with Crippen molar-refractivity contribution < 1.29 is 9.67 Å². The maximum Gasteiger partial charge on any atom is 0.256 e. The highest BCUT2D eigenvalue weighted by atomic mass is 16.3. The summed E-state index contributed by atoms with van der Waals surface area (Å²) in [6, 6.07) is 28.8. The first-order chi connectivity index (χ1) is 14.1. The minimum atomic E-state index is -1.70. The molecule has 0 spiro atoms. The van der Waals surface area contributed by atoms with E-state index in [0.29, 0.717) is 17.1 Å². The highest BCUT2D eigenvalue weighted by Crippen LogP contribution is 2.31. The largest absolute Gasteiger partial charge is 0.832 e. The molecule has 4 nitrogen and oxygen atoms in total. The van der Waals surface area contributed by atoms with Gasteiger partial charge in [-0.25, -0.2) is 9.13 Å². The molecule has 4 rings (SSSR count). The monoisotopic (exact) mass is 381 g/mol. The number of hydrogen-bond donors (Lipinski definition) is 0. The Bertz CT molecular complexity index is 1100. The van der Waals surface area contributed by atoms with Crippen molar-refractivity contribution in [3.05, 3.63) is 120 Å². The van der Waals surface area contributed by atoms with Crippen molar-refractivity contribution in [1.29, 1.82) is 0 Å². The predicted octanol–water partition coefficient (Wildman–Crippen LogP) is 3.27. The fourth-order valence-electron chi connectivity index (χ4n) is 3.71. The zero-order valence-corrected chi connectivity index (χ0v) is 16.6. The average Bonchev–Trinajstić information content (AvgIpc) is 3.12. The van der Waals surface area contributed by atoms with Crippen molar-refractivity contribution in [3.8, 4) is 0 Å². The molecular weight excluding hydrogens is 358 g/mol. The van der Waals surface area contributed by atoms with Crippen LogP contribution in [0.5, 0.6) is 0 Å². The van der Waals surface area contributed by atoms with Crippen LogP contribution < -0.4 is 9.67 Å². The van der Waals surface area contributed by atoms with E-state index in [9.17, 15) is 5.11 Å². The molecule has 0 aliphatic carbocycles. The Balaban J connectivity index is 2.06. The zero-order chi connectivity index (χ0) is 20.3. The number of aryl methyl sites for hydroxylation is 2. The molecule has 0 amide bonds. The summed E-state index contributed by atoms with van der Waals surface area (Å²) < 4.78 is 3.76. The Morgan fingerprint density at radius 2 is 1.41 bits per heavy atom. The van der Waals surface area contributed by atoms with E-state index in [1.807, 2.05) is 127 Å². The Morgan fingerprint density at radius 1 is 0.862 bits per heavy atom. The molecule has 1 atom stereocenters. The van der Waals surface area contributed by atoms with E-state index in [1.165, 1.54) is 0 Å². The maximum absolute atomic E-state index is 14.9. The summed E-state index contributed by atoms with van der Waals surface area (Å²) >= 11 is 0. The van der Waals surface area contributed by atoms with Gasteiger partial charge in [0.05, 0.1) is 31.1 Å². The molecule has 0 fully saturated rings. The Morgan fingerprint density at radius 3 is 1.97 bits per heavy atom. The van der Waals surface area contributed by atoms with Crippen LogP contribution in [0.4, 0.5) is 5.69 Å². The molecular formula is C25H23N3O. The summed E-state index contributed by atoms with van der Waals surface area (Å²) in [5, 5.41) is 14.9. The number of aliphatic imine (C=N–C) groups is 1. The van der Waals surface area contributed by atoms with Gasteiger partial charge in [-0.2, -0.15) is 0 Å². The van der Waals surface area contributed by atoms with Crippen LogP contribution in [0, 0.1) is 0 Å². The summed E-state index contributed by atoms with van der Waals surface area (Å²) in [4.78, 5) is 4.89. The summed E-state index contributed by atoms with van der Waals surface area (Å²) in [6.07, 6.45) is 3.80.